The van der Waals surface area contributed by atoms with Gasteiger partial charge in [0.2, 0.25) is 0 Å². The Balaban J connectivity index is 1.28. The normalized spacial score (nSPS) is 25.3. The fourth-order valence-electron chi connectivity index (χ4n) is 4.72. The lowest BCUT2D eigenvalue weighted by atomic mass is 10.0. The predicted octanol–water partition coefficient (Wildman–Crippen LogP) is 3.70. The molecule has 6 heteroatoms. The van der Waals surface area contributed by atoms with E-state index < -0.39 is 0 Å². The Morgan fingerprint density at radius 1 is 1.14 bits per heavy atom. The summed E-state index contributed by atoms with van der Waals surface area (Å²) in [4.78, 5) is 2.56. The molecule has 2 aliphatic heterocycles. The van der Waals surface area contributed by atoms with Gasteiger partial charge in [0.15, 0.2) is 0 Å². The highest BCUT2D eigenvalue weighted by atomic mass is 16.5. The molecule has 5 rings (SSSR count). The van der Waals surface area contributed by atoms with E-state index in [1.54, 1.807) is 0 Å². The second kappa shape index (κ2) is 7.92. The van der Waals surface area contributed by atoms with Crippen molar-refractivity contribution in [1.29, 1.82) is 0 Å². The lowest BCUT2D eigenvalue weighted by Gasteiger charge is -2.36. The molecule has 1 unspecified atom stereocenters. The van der Waals surface area contributed by atoms with Gasteiger partial charge in [-0.05, 0) is 80.8 Å². The summed E-state index contributed by atoms with van der Waals surface area (Å²) < 4.78 is 5.56. The molecule has 0 radical (unpaired) electrons. The Hall–Kier alpha value is -2.18. The number of rotatable bonds is 5. The first kappa shape index (κ1) is 18.8. The third-order valence-electron chi connectivity index (χ3n) is 6.54. The number of phenols is 1. The van der Waals surface area contributed by atoms with Crippen molar-refractivity contribution in [3.63, 3.8) is 0 Å². The Kier molecular flexibility index (Phi) is 5.14. The van der Waals surface area contributed by atoms with Crippen molar-refractivity contribution < 1.29 is 9.84 Å². The number of aromatic hydroxyl groups is 1. The second-order valence-corrected chi connectivity index (χ2v) is 8.81. The minimum absolute atomic E-state index is 0.300. The van der Waals surface area contributed by atoms with E-state index in [-0.39, 0.29) is 0 Å². The first-order valence-corrected chi connectivity index (χ1v) is 10.9. The van der Waals surface area contributed by atoms with Gasteiger partial charge >= 0.3 is 0 Å². The van der Waals surface area contributed by atoms with Gasteiger partial charge in [0.05, 0.1) is 12.3 Å². The van der Waals surface area contributed by atoms with E-state index in [0.717, 1.165) is 61.8 Å². The van der Waals surface area contributed by atoms with Crippen LogP contribution in [0.25, 0.3) is 11.3 Å². The van der Waals surface area contributed by atoms with Gasteiger partial charge in [0.25, 0.3) is 0 Å². The first-order chi connectivity index (χ1) is 14.2. The number of aromatic nitrogens is 2. The molecule has 154 valence electrons. The van der Waals surface area contributed by atoms with Gasteiger partial charge in [-0.3, -0.25) is 4.90 Å². The summed E-state index contributed by atoms with van der Waals surface area (Å²) in [6.45, 7) is 5.97. The van der Waals surface area contributed by atoms with Gasteiger partial charge in [-0.25, -0.2) is 0 Å². The van der Waals surface area contributed by atoms with Gasteiger partial charge in [0, 0.05) is 30.8 Å². The van der Waals surface area contributed by atoms with E-state index in [2.05, 4.69) is 26.5 Å². The van der Waals surface area contributed by atoms with E-state index in [9.17, 15) is 5.11 Å². The molecule has 0 bridgehead atoms. The quantitative estimate of drug-likeness (QED) is 0.806. The van der Waals surface area contributed by atoms with Crippen molar-refractivity contribution in [3.05, 3.63) is 35.4 Å². The van der Waals surface area contributed by atoms with Crippen LogP contribution in [0, 0.1) is 6.92 Å². The predicted molar refractivity (Wildman–Crippen MR) is 113 cm³/mol. The van der Waals surface area contributed by atoms with Crippen LogP contribution < -0.4 is 5.32 Å². The van der Waals surface area contributed by atoms with Crippen LogP contribution in [0.5, 0.6) is 5.75 Å². The molecule has 29 heavy (non-hydrogen) atoms. The van der Waals surface area contributed by atoms with Gasteiger partial charge in [-0.15, -0.1) is 10.2 Å². The monoisotopic (exact) mass is 394 g/mol. The van der Waals surface area contributed by atoms with Gasteiger partial charge < -0.3 is 15.2 Å². The summed E-state index contributed by atoms with van der Waals surface area (Å²) in [6, 6.07) is 8.99. The summed E-state index contributed by atoms with van der Waals surface area (Å²) in [7, 11) is 0. The van der Waals surface area contributed by atoms with Crippen LogP contribution in [-0.2, 0) is 4.74 Å². The highest BCUT2D eigenvalue weighted by Crippen LogP contribution is 2.43. The number of nitrogens with one attached hydrogen (secondary N) is 1. The van der Waals surface area contributed by atoms with Crippen molar-refractivity contribution in [2.45, 2.75) is 57.0 Å². The molecule has 1 aromatic carbocycles. The number of hydrogen-bond acceptors (Lipinski definition) is 6. The van der Waals surface area contributed by atoms with Crippen LogP contribution >= 0.6 is 0 Å². The number of benzene rings is 1. The van der Waals surface area contributed by atoms with Crippen molar-refractivity contribution in [2.24, 2.45) is 0 Å². The molecule has 1 aliphatic carbocycles. The van der Waals surface area contributed by atoms with Crippen molar-refractivity contribution >= 4 is 5.82 Å². The van der Waals surface area contributed by atoms with E-state index in [1.165, 1.54) is 24.8 Å². The average Bonchev–Trinajstić information content (AvgIpc) is 3.43. The van der Waals surface area contributed by atoms with Crippen LogP contribution in [0.2, 0.25) is 0 Å². The molecular formula is C23H30N4O2. The Morgan fingerprint density at radius 2 is 2.03 bits per heavy atom. The molecule has 2 aromatic rings. The zero-order chi connectivity index (χ0) is 19.8. The summed E-state index contributed by atoms with van der Waals surface area (Å²) in [5.41, 5.74) is 3.76. The Labute approximate surface area is 172 Å². The maximum absolute atomic E-state index is 10.5. The maximum atomic E-state index is 10.5. The number of piperidine rings is 1. The zero-order valence-electron chi connectivity index (χ0n) is 17.1. The number of nitrogens with zero attached hydrogens (tertiary/aromatic N) is 3. The maximum Gasteiger partial charge on any atom is 0.149 e. The first-order valence-electron chi connectivity index (χ1n) is 10.9. The molecule has 3 heterocycles. The van der Waals surface area contributed by atoms with Crippen LogP contribution in [0.1, 0.15) is 49.1 Å². The van der Waals surface area contributed by atoms with Crippen LogP contribution in [0.15, 0.2) is 24.3 Å². The molecule has 1 aromatic heterocycles. The smallest absolute Gasteiger partial charge is 0.149 e. The van der Waals surface area contributed by atoms with Crippen molar-refractivity contribution in [3.8, 4) is 17.0 Å². The average molecular weight is 395 g/mol. The van der Waals surface area contributed by atoms with Gasteiger partial charge in [-0.2, -0.15) is 0 Å². The zero-order valence-corrected chi connectivity index (χ0v) is 17.1. The highest BCUT2D eigenvalue weighted by molar-refractivity contribution is 5.70. The van der Waals surface area contributed by atoms with E-state index in [1.807, 2.05) is 25.1 Å². The van der Waals surface area contributed by atoms with Gasteiger partial charge in [0.1, 0.15) is 11.6 Å². The van der Waals surface area contributed by atoms with E-state index in [0.29, 0.717) is 23.8 Å². The number of anilines is 1. The largest absolute Gasteiger partial charge is 0.507 e. The molecule has 0 spiro atoms. The van der Waals surface area contributed by atoms with Crippen molar-refractivity contribution in [2.75, 3.05) is 31.6 Å². The fourth-order valence-corrected chi connectivity index (χ4v) is 4.72. The summed E-state index contributed by atoms with van der Waals surface area (Å²) in [6.07, 6.45) is 5.94. The highest BCUT2D eigenvalue weighted by Gasteiger charge is 2.29. The molecule has 2 N–H and O–H groups in total. The fraction of sp³-hybridized carbons (Fsp3) is 0.565. The molecule has 3 fully saturated rings. The lowest BCUT2D eigenvalue weighted by molar-refractivity contribution is 0.123. The van der Waals surface area contributed by atoms with Crippen LogP contribution in [0.3, 0.4) is 0 Å². The second-order valence-electron chi connectivity index (χ2n) is 8.81. The molecule has 6 nitrogen and oxygen atoms in total. The molecule has 1 saturated carbocycles. The third-order valence-corrected chi connectivity index (χ3v) is 6.54. The van der Waals surface area contributed by atoms with Gasteiger partial charge in [-0.1, -0.05) is 6.07 Å². The molecule has 2 saturated heterocycles. The molecule has 0 amide bonds. The van der Waals surface area contributed by atoms with Crippen LogP contribution in [-0.4, -0.2) is 58.6 Å². The minimum atomic E-state index is 0.300. The third kappa shape index (κ3) is 4.09. The lowest BCUT2D eigenvalue weighted by Crippen LogP contribution is -2.47. The number of phenolic OH excluding ortho intramolecular Hbond substituents is 1. The number of likely N-dealkylation sites (tertiary alicyclic amines) is 1. The molecular weight excluding hydrogens is 364 g/mol. The topological polar surface area (TPSA) is 70.5 Å². The summed E-state index contributed by atoms with van der Waals surface area (Å²) in [5.74, 6) is 1.74. The number of ether oxygens (including phenoxy) is 1. The molecule has 2 atom stereocenters. The van der Waals surface area contributed by atoms with E-state index in [4.69, 9.17) is 4.74 Å². The minimum Gasteiger partial charge on any atom is -0.507 e. The van der Waals surface area contributed by atoms with Crippen LogP contribution in [0.4, 0.5) is 5.82 Å². The molecule has 3 aliphatic rings. The Bertz CT molecular complexity index is 877. The van der Waals surface area contributed by atoms with Crippen molar-refractivity contribution in [1.82, 2.24) is 15.1 Å². The SMILES string of the molecule is Cc1cc(N[C@@H]2CCCN(C3CCOC3)C2)nnc1-c1ccc(C2CC2)cc1O. The summed E-state index contributed by atoms with van der Waals surface area (Å²) in [5, 5.41) is 23.0. The summed E-state index contributed by atoms with van der Waals surface area (Å²) >= 11 is 0. The number of hydrogen-bond donors (Lipinski definition) is 2. The van der Waals surface area contributed by atoms with E-state index >= 15 is 0 Å². The Morgan fingerprint density at radius 3 is 2.76 bits per heavy atom. The number of aryl methyl sites for hydroxylation is 1. The standard InChI is InChI=1S/C23H30N4O2/c1-15-11-22(24-18-3-2-9-27(13-18)19-8-10-29-14-19)25-26-23(15)20-7-6-17(12-21(20)28)16-4-5-16/h6-7,11-12,16,18-19,28H,2-5,8-10,13-14H2,1H3,(H,24,25)/t18-,19?/m1/s1.